The van der Waals surface area contributed by atoms with Crippen LogP contribution in [0.4, 0.5) is 5.69 Å². The van der Waals surface area contributed by atoms with Gasteiger partial charge in [0.2, 0.25) is 0 Å². The van der Waals surface area contributed by atoms with Crippen molar-refractivity contribution in [1.29, 1.82) is 0 Å². The second-order valence-electron chi connectivity index (χ2n) is 8.78. The van der Waals surface area contributed by atoms with Gasteiger partial charge in [0.05, 0.1) is 22.8 Å². The van der Waals surface area contributed by atoms with Crippen LogP contribution < -0.4 is 4.90 Å². The van der Waals surface area contributed by atoms with Crippen molar-refractivity contribution in [3.05, 3.63) is 121 Å². The summed E-state index contributed by atoms with van der Waals surface area (Å²) in [6.07, 6.45) is 7.90. The lowest BCUT2D eigenvalue weighted by atomic mass is 10.0. The number of nitrogens with zero attached hydrogens (tertiary/aromatic N) is 4. The van der Waals surface area contributed by atoms with Crippen molar-refractivity contribution in [3.63, 3.8) is 0 Å². The third kappa shape index (κ3) is 5.81. The molecule has 4 heteroatoms. The van der Waals surface area contributed by atoms with E-state index in [1.54, 1.807) is 12.4 Å². The topological polar surface area (TPSA) is 41.9 Å². The molecule has 0 aliphatic carbocycles. The summed E-state index contributed by atoms with van der Waals surface area (Å²) in [6, 6.07) is 33.3. The van der Waals surface area contributed by atoms with E-state index in [1.807, 2.05) is 36.4 Å². The Bertz CT molecular complexity index is 1400. The molecular weight excluding hydrogens is 452 g/mol. The molecule has 0 aliphatic heterocycles. The molecule has 0 bridgehead atoms. The number of pyridine rings is 3. The van der Waals surface area contributed by atoms with E-state index in [0.29, 0.717) is 0 Å². The first kappa shape index (κ1) is 24.1. The zero-order chi connectivity index (χ0) is 25.5. The molecule has 182 valence electrons. The van der Waals surface area contributed by atoms with Crippen molar-refractivity contribution < 1.29 is 0 Å². The highest BCUT2D eigenvalue weighted by Gasteiger charge is 2.10. The second-order valence-corrected chi connectivity index (χ2v) is 8.78. The Hall–Kier alpha value is -4.57. The van der Waals surface area contributed by atoms with Gasteiger partial charge < -0.3 is 4.90 Å². The molecule has 0 unspecified atom stereocenters. The van der Waals surface area contributed by atoms with Crippen LogP contribution in [0.3, 0.4) is 0 Å². The highest BCUT2D eigenvalue weighted by molar-refractivity contribution is 5.76. The maximum Gasteiger partial charge on any atom is 0.0900 e. The quantitative estimate of drug-likeness (QED) is 0.211. The van der Waals surface area contributed by atoms with Gasteiger partial charge in [-0.2, -0.15) is 0 Å². The molecule has 0 fully saturated rings. The molecule has 2 aromatic carbocycles. The van der Waals surface area contributed by atoms with Gasteiger partial charge in [0.1, 0.15) is 0 Å². The zero-order valence-electron chi connectivity index (χ0n) is 21.3. The monoisotopic (exact) mass is 482 g/mol. The fourth-order valence-corrected chi connectivity index (χ4v) is 4.35. The third-order valence-electron chi connectivity index (χ3n) is 6.41. The fourth-order valence-electron chi connectivity index (χ4n) is 4.35. The van der Waals surface area contributed by atoms with Gasteiger partial charge in [-0.25, -0.2) is 4.98 Å². The predicted octanol–water partition coefficient (Wildman–Crippen LogP) is 7.89. The molecule has 5 aromatic rings. The summed E-state index contributed by atoms with van der Waals surface area (Å²) < 4.78 is 0. The molecule has 37 heavy (non-hydrogen) atoms. The molecule has 0 amide bonds. The van der Waals surface area contributed by atoms with Crippen LogP contribution in [0.1, 0.15) is 25.0 Å². The molecule has 5 rings (SSSR count). The van der Waals surface area contributed by atoms with Crippen LogP contribution in [-0.2, 0) is 0 Å². The van der Waals surface area contributed by atoms with Gasteiger partial charge in [-0.15, -0.1) is 0 Å². The molecule has 4 nitrogen and oxygen atoms in total. The zero-order valence-corrected chi connectivity index (χ0v) is 21.3. The first-order chi connectivity index (χ1) is 18.2. The largest absolute Gasteiger partial charge is 0.372 e. The number of rotatable bonds is 8. The van der Waals surface area contributed by atoms with E-state index in [4.69, 9.17) is 4.98 Å². The van der Waals surface area contributed by atoms with Gasteiger partial charge in [-0.1, -0.05) is 60.7 Å². The van der Waals surface area contributed by atoms with E-state index in [-0.39, 0.29) is 0 Å². The molecule has 0 aliphatic rings. The number of hydrogen-bond acceptors (Lipinski definition) is 4. The molecule has 0 N–H and O–H groups in total. The van der Waals surface area contributed by atoms with Gasteiger partial charge >= 0.3 is 0 Å². The molecule has 0 atom stereocenters. The van der Waals surface area contributed by atoms with Crippen molar-refractivity contribution in [2.75, 3.05) is 18.0 Å². The minimum atomic E-state index is 0.830. The summed E-state index contributed by atoms with van der Waals surface area (Å²) in [5, 5.41) is 0. The predicted molar refractivity (Wildman–Crippen MR) is 155 cm³/mol. The summed E-state index contributed by atoms with van der Waals surface area (Å²) >= 11 is 0. The van der Waals surface area contributed by atoms with Gasteiger partial charge in [0.25, 0.3) is 0 Å². The Morgan fingerprint density at radius 2 is 1.08 bits per heavy atom. The van der Waals surface area contributed by atoms with Crippen molar-refractivity contribution in [1.82, 2.24) is 15.0 Å². The molecule has 0 saturated carbocycles. The van der Waals surface area contributed by atoms with Crippen molar-refractivity contribution >= 4 is 17.8 Å². The van der Waals surface area contributed by atoms with E-state index in [9.17, 15) is 0 Å². The van der Waals surface area contributed by atoms with Gasteiger partial charge in [-0.3, -0.25) is 9.97 Å². The lowest BCUT2D eigenvalue weighted by Gasteiger charge is -2.20. The Morgan fingerprint density at radius 3 is 1.54 bits per heavy atom. The highest BCUT2D eigenvalue weighted by atomic mass is 15.1. The van der Waals surface area contributed by atoms with Gasteiger partial charge in [0.15, 0.2) is 0 Å². The summed E-state index contributed by atoms with van der Waals surface area (Å²) in [5.74, 6) is 0. The minimum Gasteiger partial charge on any atom is -0.372 e. The normalized spacial score (nSPS) is 11.1. The van der Waals surface area contributed by atoms with Gasteiger partial charge in [0, 0.05) is 31.2 Å². The van der Waals surface area contributed by atoms with Crippen LogP contribution >= 0.6 is 0 Å². The average molecular weight is 483 g/mol. The van der Waals surface area contributed by atoms with E-state index >= 15 is 0 Å². The van der Waals surface area contributed by atoms with Gasteiger partial charge in [-0.05, 0) is 84.6 Å². The second kappa shape index (κ2) is 11.4. The van der Waals surface area contributed by atoms with Crippen molar-refractivity contribution in [2.24, 2.45) is 0 Å². The SMILES string of the molecule is CCN(CC)c1ccc(/C=C/c2ccc(-c3cc(-c4ccccn4)nc(-c4ccccn4)c3)cc2)cc1. The molecular formula is C33H30N4. The van der Waals surface area contributed by atoms with Crippen LogP contribution in [0, 0.1) is 0 Å². The highest BCUT2D eigenvalue weighted by Crippen LogP contribution is 2.29. The molecule has 0 radical (unpaired) electrons. The maximum absolute atomic E-state index is 4.87. The Kier molecular flexibility index (Phi) is 7.47. The number of anilines is 1. The first-order valence-electron chi connectivity index (χ1n) is 12.7. The maximum atomic E-state index is 4.87. The third-order valence-corrected chi connectivity index (χ3v) is 6.41. The summed E-state index contributed by atoms with van der Waals surface area (Å²) in [7, 11) is 0. The van der Waals surface area contributed by atoms with E-state index in [2.05, 4.69) is 102 Å². The smallest absolute Gasteiger partial charge is 0.0900 e. The molecule has 0 saturated heterocycles. The lowest BCUT2D eigenvalue weighted by molar-refractivity contribution is 0.866. The Labute approximate surface area is 219 Å². The number of hydrogen-bond donors (Lipinski definition) is 0. The summed E-state index contributed by atoms with van der Waals surface area (Å²) in [5.41, 5.74) is 9.15. The molecule has 0 spiro atoms. The van der Waals surface area contributed by atoms with E-state index < -0.39 is 0 Å². The number of aromatic nitrogens is 3. The minimum absolute atomic E-state index is 0.830. The lowest BCUT2D eigenvalue weighted by Crippen LogP contribution is -2.21. The van der Waals surface area contributed by atoms with E-state index in [1.165, 1.54) is 11.3 Å². The van der Waals surface area contributed by atoms with E-state index in [0.717, 1.165) is 52.6 Å². The van der Waals surface area contributed by atoms with Crippen LogP contribution in [0.25, 0.3) is 46.1 Å². The standard InChI is InChI=1S/C33H30N4/c1-3-37(4-2)29-19-15-26(16-20-29)12-11-25-13-17-27(18-14-25)28-23-32(30-9-5-7-21-34-30)36-33(24-28)31-10-6-8-22-35-31/h5-24H,3-4H2,1-2H3/b12-11+. The Balaban J connectivity index is 1.41. The van der Waals surface area contributed by atoms with Crippen molar-refractivity contribution in [2.45, 2.75) is 13.8 Å². The average Bonchev–Trinajstić information content (AvgIpc) is 2.98. The fraction of sp³-hybridized carbons (Fsp3) is 0.121. The van der Waals surface area contributed by atoms with Crippen LogP contribution in [0.5, 0.6) is 0 Å². The Morgan fingerprint density at radius 1 is 0.568 bits per heavy atom. The van der Waals surface area contributed by atoms with Crippen LogP contribution in [0.2, 0.25) is 0 Å². The summed E-state index contributed by atoms with van der Waals surface area (Å²) in [4.78, 5) is 16.3. The van der Waals surface area contributed by atoms with Crippen molar-refractivity contribution in [3.8, 4) is 33.9 Å². The summed E-state index contributed by atoms with van der Waals surface area (Å²) in [6.45, 7) is 6.40. The molecule has 3 heterocycles. The first-order valence-corrected chi connectivity index (χ1v) is 12.7. The molecule has 3 aromatic heterocycles. The van der Waals surface area contributed by atoms with Crippen LogP contribution in [-0.4, -0.2) is 28.0 Å². The number of benzene rings is 2. The van der Waals surface area contributed by atoms with Crippen LogP contribution in [0.15, 0.2) is 109 Å².